The molecule has 1 aromatic heterocycles. The van der Waals surface area contributed by atoms with Crippen LogP contribution < -0.4 is 5.32 Å². The average Bonchev–Trinajstić information content (AvgIpc) is 3.31. The Hall–Kier alpha value is -2.41. The summed E-state index contributed by atoms with van der Waals surface area (Å²) in [6.07, 6.45) is 5.08. The Morgan fingerprint density at radius 3 is 2.64 bits per heavy atom. The summed E-state index contributed by atoms with van der Waals surface area (Å²) in [5.41, 5.74) is 1.94. The molecule has 1 aliphatic rings. The Balaban J connectivity index is 1.51. The van der Waals surface area contributed by atoms with Crippen molar-refractivity contribution in [2.45, 2.75) is 71.3 Å². The molecule has 0 saturated carbocycles. The summed E-state index contributed by atoms with van der Waals surface area (Å²) in [4.78, 5) is 18.3. The molecular formula is C21H31N5O2. The van der Waals surface area contributed by atoms with Gasteiger partial charge >= 0.3 is 6.09 Å². The highest BCUT2D eigenvalue weighted by molar-refractivity contribution is 5.69. The van der Waals surface area contributed by atoms with Crippen LogP contribution in [0.15, 0.2) is 36.9 Å². The Bertz CT molecular complexity index is 752. The van der Waals surface area contributed by atoms with Gasteiger partial charge in [0.15, 0.2) is 0 Å². The van der Waals surface area contributed by atoms with Gasteiger partial charge in [-0.1, -0.05) is 24.3 Å². The first-order valence-electron chi connectivity index (χ1n) is 9.95. The number of rotatable bonds is 6. The van der Waals surface area contributed by atoms with Gasteiger partial charge in [-0.3, -0.25) is 0 Å². The molecule has 0 aliphatic carbocycles. The molecule has 0 radical (unpaired) electrons. The smallest absolute Gasteiger partial charge is 0.410 e. The monoisotopic (exact) mass is 385 g/mol. The van der Waals surface area contributed by atoms with Gasteiger partial charge in [0, 0.05) is 19.1 Å². The standard InChI is InChI=1S/C21H31N5O2/c1-16(19-6-5-11-26(19)20(27)28-21(2,3)4)23-12-17-7-9-18(10-8-17)13-25-15-22-14-24-25/h7-10,14-16,19,23H,5-6,11-13H2,1-4H3/t16-,19-/m0/s1. The fourth-order valence-corrected chi connectivity index (χ4v) is 3.54. The number of hydrogen-bond acceptors (Lipinski definition) is 5. The molecule has 28 heavy (non-hydrogen) atoms. The molecule has 0 spiro atoms. The SMILES string of the molecule is C[C@H](NCc1ccc(Cn2cncn2)cc1)[C@@H]1CCCN1C(=O)OC(C)(C)C. The lowest BCUT2D eigenvalue weighted by molar-refractivity contribution is 0.0200. The minimum Gasteiger partial charge on any atom is -0.444 e. The van der Waals surface area contributed by atoms with Gasteiger partial charge in [0.25, 0.3) is 0 Å². The number of carbonyl (C=O) groups excluding carboxylic acids is 1. The van der Waals surface area contributed by atoms with Crippen LogP contribution in [0.5, 0.6) is 0 Å². The quantitative estimate of drug-likeness (QED) is 0.827. The van der Waals surface area contributed by atoms with Gasteiger partial charge in [-0.15, -0.1) is 0 Å². The zero-order valence-electron chi connectivity index (χ0n) is 17.3. The fourth-order valence-electron chi connectivity index (χ4n) is 3.54. The van der Waals surface area contributed by atoms with Gasteiger partial charge in [0.1, 0.15) is 18.3 Å². The molecular weight excluding hydrogens is 354 g/mol. The summed E-state index contributed by atoms with van der Waals surface area (Å²) in [6, 6.07) is 8.86. The van der Waals surface area contributed by atoms with Crippen molar-refractivity contribution in [3.8, 4) is 0 Å². The van der Waals surface area contributed by atoms with E-state index in [0.717, 1.165) is 32.5 Å². The predicted octanol–water partition coefficient (Wildman–Crippen LogP) is 3.20. The molecule has 0 bridgehead atoms. The fraction of sp³-hybridized carbons (Fsp3) is 0.571. The topological polar surface area (TPSA) is 72.3 Å². The van der Waals surface area contributed by atoms with Crippen LogP contribution in [0.1, 0.15) is 51.7 Å². The molecule has 1 amide bonds. The maximum atomic E-state index is 12.5. The largest absolute Gasteiger partial charge is 0.444 e. The maximum Gasteiger partial charge on any atom is 0.410 e. The number of nitrogens with zero attached hydrogens (tertiary/aromatic N) is 4. The maximum absolute atomic E-state index is 12.5. The molecule has 7 nitrogen and oxygen atoms in total. The van der Waals surface area contributed by atoms with Crippen molar-refractivity contribution in [2.75, 3.05) is 6.54 Å². The first kappa shape index (κ1) is 20.3. The molecule has 1 aliphatic heterocycles. The molecule has 1 aromatic carbocycles. The minimum absolute atomic E-state index is 0.168. The first-order valence-corrected chi connectivity index (χ1v) is 9.95. The van der Waals surface area contributed by atoms with E-state index in [1.165, 1.54) is 11.1 Å². The Morgan fingerprint density at radius 2 is 2.00 bits per heavy atom. The summed E-state index contributed by atoms with van der Waals surface area (Å²) in [6.45, 7) is 10.1. The summed E-state index contributed by atoms with van der Waals surface area (Å²) >= 11 is 0. The van der Waals surface area contributed by atoms with Crippen LogP contribution in [-0.4, -0.2) is 50.0 Å². The van der Waals surface area contributed by atoms with E-state index in [-0.39, 0.29) is 18.2 Å². The number of carbonyl (C=O) groups is 1. The molecule has 2 aromatic rings. The molecule has 2 atom stereocenters. The molecule has 3 rings (SSSR count). The number of aromatic nitrogens is 3. The Kier molecular flexibility index (Phi) is 6.34. The lowest BCUT2D eigenvalue weighted by Crippen LogP contribution is -2.48. The van der Waals surface area contributed by atoms with Crippen LogP contribution >= 0.6 is 0 Å². The minimum atomic E-state index is -0.463. The zero-order valence-corrected chi connectivity index (χ0v) is 17.3. The molecule has 152 valence electrons. The number of benzene rings is 1. The van der Waals surface area contributed by atoms with Crippen LogP contribution in [0.2, 0.25) is 0 Å². The van der Waals surface area contributed by atoms with Crippen LogP contribution in [0.25, 0.3) is 0 Å². The van der Waals surface area contributed by atoms with Crippen LogP contribution in [0.3, 0.4) is 0 Å². The molecule has 0 unspecified atom stereocenters. The van der Waals surface area contributed by atoms with Gasteiger partial charge in [0.05, 0.1) is 12.6 Å². The van der Waals surface area contributed by atoms with Crippen molar-refractivity contribution in [1.29, 1.82) is 0 Å². The van der Waals surface area contributed by atoms with E-state index in [2.05, 4.69) is 46.6 Å². The lowest BCUT2D eigenvalue weighted by Gasteiger charge is -2.32. The first-order chi connectivity index (χ1) is 13.3. The second-order valence-corrected chi connectivity index (χ2v) is 8.46. The Morgan fingerprint density at radius 1 is 1.29 bits per heavy atom. The summed E-state index contributed by atoms with van der Waals surface area (Å²) in [7, 11) is 0. The van der Waals surface area contributed by atoms with E-state index < -0.39 is 5.60 Å². The molecule has 1 fully saturated rings. The van der Waals surface area contributed by atoms with Crippen molar-refractivity contribution in [2.24, 2.45) is 0 Å². The molecule has 1 saturated heterocycles. The van der Waals surface area contributed by atoms with Crippen molar-refractivity contribution in [3.63, 3.8) is 0 Å². The zero-order chi connectivity index (χ0) is 20.1. The van der Waals surface area contributed by atoms with Crippen molar-refractivity contribution in [1.82, 2.24) is 25.0 Å². The van der Waals surface area contributed by atoms with Gasteiger partial charge in [-0.2, -0.15) is 5.10 Å². The number of nitrogens with one attached hydrogen (secondary N) is 1. The third-order valence-electron chi connectivity index (χ3n) is 4.97. The van der Waals surface area contributed by atoms with Gasteiger partial charge in [-0.25, -0.2) is 14.5 Å². The number of likely N-dealkylation sites (tertiary alicyclic amines) is 1. The van der Waals surface area contributed by atoms with E-state index >= 15 is 0 Å². The van der Waals surface area contributed by atoms with Crippen LogP contribution in [-0.2, 0) is 17.8 Å². The van der Waals surface area contributed by atoms with Crippen molar-refractivity contribution >= 4 is 6.09 Å². The average molecular weight is 386 g/mol. The lowest BCUT2D eigenvalue weighted by atomic mass is 10.1. The number of amides is 1. The molecule has 2 heterocycles. The molecule has 7 heteroatoms. The van der Waals surface area contributed by atoms with Crippen LogP contribution in [0, 0.1) is 0 Å². The highest BCUT2D eigenvalue weighted by atomic mass is 16.6. The number of ether oxygens (including phenoxy) is 1. The van der Waals surface area contributed by atoms with E-state index in [1.54, 1.807) is 17.3 Å². The van der Waals surface area contributed by atoms with Crippen LogP contribution in [0.4, 0.5) is 4.79 Å². The summed E-state index contributed by atoms with van der Waals surface area (Å²) in [5, 5.41) is 7.71. The van der Waals surface area contributed by atoms with Crippen molar-refractivity contribution < 1.29 is 9.53 Å². The van der Waals surface area contributed by atoms with E-state index in [1.807, 2.05) is 25.7 Å². The van der Waals surface area contributed by atoms with Gasteiger partial charge < -0.3 is 15.0 Å². The summed E-state index contributed by atoms with van der Waals surface area (Å²) < 4.78 is 7.37. The highest BCUT2D eigenvalue weighted by Gasteiger charge is 2.35. The van der Waals surface area contributed by atoms with E-state index in [0.29, 0.717) is 0 Å². The third kappa shape index (κ3) is 5.55. The van der Waals surface area contributed by atoms with E-state index in [9.17, 15) is 4.79 Å². The predicted molar refractivity (Wildman–Crippen MR) is 108 cm³/mol. The second-order valence-electron chi connectivity index (χ2n) is 8.46. The molecule has 1 N–H and O–H groups in total. The van der Waals surface area contributed by atoms with Gasteiger partial charge in [0.2, 0.25) is 0 Å². The van der Waals surface area contributed by atoms with Crippen molar-refractivity contribution in [3.05, 3.63) is 48.0 Å². The van der Waals surface area contributed by atoms with E-state index in [4.69, 9.17) is 4.74 Å². The van der Waals surface area contributed by atoms with Gasteiger partial charge in [-0.05, 0) is 51.7 Å². The normalized spacial score (nSPS) is 18.3. The summed E-state index contributed by atoms with van der Waals surface area (Å²) in [5.74, 6) is 0. The third-order valence-corrected chi connectivity index (χ3v) is 4.97. The highest BCUT2D eigenvalue weighted by Crippen LogP contribution is 2.23. The second kappa shape index (κ2) is 8.73. The Labute approximate surface area is 167 Å². The number of hydrogen-bond donors (Lipinski definition) is 1.